The van der Waals surface area contributed by atoms with Crippen LogP contribution in [-0.2, 0) is 9.53 Å². The van der Waals surface area contributed by atoms with Gasteiger partial charge in [0.15, 0.2) is 0 Å². The molecule has 0 aliphatic carbocycles. The Hall–Kier alpha value is -0.640. The summed E-state index contributed by atoms with van der Waals surface area (Å²) in [5.41, 5.74) is 0. The summed E-state index contributed by atoms with van der Waals surface area (Å²) in [6.07, 6.45) is 0.420. The Balaban J connectivity index is 3.47. The van der Waals surface area contributed by atoms with Gasteiger partial charge in [0.25, 0.3) is 5.17 Å². The predicted octanol–water partition coefficient (Wildman–Crippen LogP) is 0.444. The van der Waals surface area contributed by atoms with Gasteiger partial charge in [0.1, 0.15) is 0 Å². The van der Waals surface area contributed by atoms with Crippen LogP contribution in [0.4, 0.5) is 0 Å². The summed E-state index contributed by atoms with van der Waals surface area (Å²) in [4.78, 5) is 10.5. The van der Waals surface area contributed by atoms with Crippen LogP contribution in [0.1, 0.15) is 13.3 Å². The largest absolute Gasteiger partial charge is 0.474 e. The zero-order valence-corrected chi connectivity index (χ0v) is 6.25. The molecule has 0 aromatic rings. The second kappa shape index (κ2) is 4.26. The molecule has 0 heterocycles. The van der Waals surface area contributed by atoms with Gasteiger partial charge in [0.05, 0.1) is 7.11 Å². The second-order valence-electron chi connectivity index (χ2n) is 1.39. The van der Waals surface area contributed by atoms with Crippen molar-refractivity contribution >= 4 is 23.3 Å². The maximum atomic E-state index is 10.5. The smallest absolute Gasteiger partial charge is 0.263 e. The molecule has 0 fully saturated rings. The summed E-state index contributed by atoms with van der Waals surface area (Å²) < 4.78 is 4.52. The van der Waals surface area contributed by atoms with E-state index < -0.39 is 0 Å². The lowest BCUT2D eigenvalue weighted by Gasteiger charge is -2.00. The number of amides is 1. The van der Waals surface area contributed by atoms with Gasteiger partial charge in [-0.2, -0.15) is 0 Å². The average Bonchev–Trinajstić information content (AvgIpc) is 1.87. The van der Waals surface area contributed by atoms with E-state index in [0.29, 0.717) is 6.42 Å². The van der Waals surface area contributed by atoms with Crippen LogP contribution in [0.25, 0.3) is 0 Å². The Morgan fingerprint density at radius 2 is 2.33 bits per heavy atom. The van der Waals surface area contributed by atoms with Crippen molar-refractivity contribution in [1.29, 1.82) is 0 Å². The first kappa shape index (κ1) is 8.36. The molecule has 0 spiro atoms. The van der Waals surface area contributed by atoms with Gasteiger partial charge in [-0.15, -0.1) is 0 Å². The Morgan fingerprint density at radius 1 is 1.78 bits per heavy atom. The van der Waals surface area contributed by atoms with Gasteiger partial charge in [0, 0.05) is 6.42 Å². The second-order valence-corrected chi connectivity index (χ2v) is 1.76. The normalized spacial score (nSPS) is 8.22. The Kier molecular flexibility index (Phi) is 3.96. The Morgan fingerprint density at radius 3 is 2.67 bits per heavy atom. The minimum Gasteiger partial charge on any atom is -0.474 e. The molecular formula is C5H9NO2S. The summed E-state index contributed by atoms with van der Waals surface area (Å²) in [6.45, 7) is 1.74. The Labute approximate surface area is 59.4 Å². The SMILES string of the molecule is CCC(=O)NC(=S)OC. The Bertz CT molecular complexity index is 110. The number of thiocarbonyl (C=S) groups is 1. The van der Waals surface area contributed by atoms with Crippen LogP contribution in [0.3, 0.4) is 0 Å². The van der Waals surface area contributed by atoms with Gasteiger partial charge in [-0.1, -0.05) is 6.92 Å². The minimum atomic E-state index is -0.123. The van der Waals surface area contributed by atoms with Crippen LogP contribution < -0.4 is 5.32 Å². The van der Waals surface area contributed by atoms with Gasteiger partial charge in [0.2, 0.25) is 5.91 Å². The van der Waals surface area contributed by atoms with Crippen molar-refractivity contribution in [3.63, 3.8) is 0 Å². The molecule has 0 unspecified atom stereocenters. The third kappa shape index (κ3) is 3.90. The van der Waals surface area contributed by atoms with Crippen molar-refractivity contribution in [2.24, 2.45) is 0 Å². The molecular weight excluding hydrogens is 138 g/mol. The molecule has 3 nitrogen and oxygen atoms in total. The standard InChI is InChI=1S/C5H9NO2S/c1-3-4(7)6-5(9)8-2/h3H2,1-2H3,(H,6,7,9). The molecule has 4 heteroatoms. The topological polar surface area (TPSA) is 38.3 Å². The maximum Gasteiger partial charge on any atom is 0.263 e. The van der Waals surface area contributed by atoms with E-state index in [0.717, 1.165) is 0 Å². The molecule has 0 aromatic carbocycles. The molecule has 0 aliphatic heterocycles. The fourth-order valence-corrected chi connectivity index (χ4v) is 0.367. The van der Waals surface area contributed by atoms with Crippen LogP contribution in [0.5, 0.6) is 0 Å². The van der Waals surface area contributed by atoms with Crippen LogP contribution in [0.15, 0.2) is 0 Å². The molecule has 52 valence electrons. The zero-order valence-electron chi connectivity index (χ0n) is 5.43. The highest BCUT2D eigenvalue weighted by atomic mass is 32.1. The average molecular weight is 147 g/mol. The quantitative estimate of drug-likeness (QED) is 0.547. The highest BCUT2D eigenvalue weighted by Gasteiger charge is 1.98. The van der Waals surface area contributed by atoms with Crippen LogP contribution >= 0.6 is 12.2 Å². The fourth-order valence-electron chi connectivity index (χ4n) is 0.253. The van der Waals surface area contributed by atoms with Gasteiger partial charge in [-0.25, -0.2) is 0 Å². The lowest BCUT2D eigenvalue weighted by molar-refractivity contribution is -0.119. The van der Waals surface area contributed by atoms with E-state index in [1.165, 1.54) is 7.11 Å². The summed E-state index contributed by atoms with van der Waals surface area (Å²) in [6, 6.07) is 0. The molecule has 0 bridgehead atoms. The molecule has 0 aliphatic rings. The van der Waals surface area contributed by atoms with Crippen LogP contribution in [0, 0.1) is 0 Å². The molecule has 0 aromatic heterocycles. The van der Waals surface area contributed by atoms with Gasteiger partial charge >= 0.3 is 0 Å². The van der Waals surface area contributed by atoms with E-state index in [9.17, 15) is 4.79 Å². The van der Waals surface area contributed by atoms with E-state index in [1.54, 1.807) is 6.92 Å². The number of ether oxygens (including phenoxy) is 1. The van der Waals surface area contributed by atoms with Crippen molar-refractivity contribution in [2.45, 2.75) is 13.3 Å². The van der Waals surface area contributed by atoms with Gasteiger partial charge in [-0.3, -0.25) is 10.1 Å². The monoisotopic (exact) mass is 147 g/mol. The maximum absolute atomic E-state index is 10.5. The first-order valence-corrected chi connectivity index (χ1v) is 2.99. The summed E-state index contributed by atoms with van der Waals surface area (Å²) in [5.74, 6) is -0.123. The van der Waals surface area contributed by atoms with Crippen molar-refractivity contribution in [2.75, 3.05) is 7.11 Å². The van der Waals surface area contributed by atoms with E-state index in [2.05, 4.69) is 22.3 Å². The number of rotatable bonds is 1. The predicted molar refractivity (Wildman–Crippen MR) is 38.0 cm³/mol. The first-order valence-electron chi connectivity index (χ1n) is 2.58. The summed E-state index contributed by atoms with van der Waals surface area (Å²) in [5, 5.41) is 2.48. The van der Waals surface area contributed by atoms with Gasteiger partial charge < -0.3 is 4.74 Å². The number of hydrogen-bond acceptors (Lipinski definition) is 3. The molecule has 0 rings (SSSR count). The van der Waals surface area contributed by atoms with Crippen molar-refractivity contribution in [1.82, 2.24) is 5.32 Å². The highest BCUT2D eigenvalue weighted by Crippen LogP contribution is 1.77. The number of nitrogens with one attached hydrogen (secondary N) is 1. The molecule has 9 heavy (non-hydrogen) atoms. The minimum absolute atomic E-state index is 0.123. The molecule has 0 atom stereocenters. The number of hydrogen-bond donors (Lipinski definition) is 1. The van der Waals surface area contributed by atoms with Gasteiger partial charge in [-0.05, 0) is 12.2 Å². The molecule has 1 N–H and O–H groups in total. The van der Waals surface area contributed by atoms with E-state index >= 15 is 0 Å². The highest BCUT2D eigenvalue weighted by molar-refractivity contribution is 7.80. The lowest BCUT2D eigenvalue weighted by Crippen LogP contribution is -2.28. The number of carbonyl (C=O) groups excluding carboxylic acids is 1. The third-order valence-corrected chi connectivity index (χ3v) is 1.02. The summed E-state index contributed by atoms with van der Waals surface area (Å²) >= 11 is 4.54. The third-order valence-electron chi connectivity index (χ3n) is 0.748. The lowest BCUT2D eigenvalue weighted by atomic mass is 10.5. The fraction of sp³-hybridized carbons (Fsp3) is 0.600. The number of carbonyl (C=O) groups is 1. The zero-order chi connectivity index (χ0) is 7.28. The molecule has 0 saturated heterocycles. The van der Waals surface area contributed by atoms with Crippen LogP contribution in [-0.4, -0.2) is 18.2 Å². The van der Waals surface area contributed by atoms with E-state index in [-0.39, 0.29) is 11.1 Å². The van der Waals surface area contributed by atoms with Crippen molar-refractivity contribution < 1.29 is 9.53 Å². The van der Waals surface area contributed by atoms with E-state index in [4.69, 9.17) is 0 Å². The first-order chi connectivity index (χ1) is 4.20. The molecule has 0 saturated carbocycles. The van der Waals surface area contributed by atoms with Crippen molar-refractivity contribution in [3.8, 4) is 0 Å². The summed E-state index contributed by atoms with van der Waals surface area (Å²) in [7, 11) is 1.41. The van der Waals surface area contributed by atoms with E-state index in [1.807, 2.05) is 0 Å². The number of methoxy groups -OCH3 is 1. The van der Waals surface area contributed by atoms with Crippen LogP contribution in [0.2, 0.25) is 0 Å². The van der Waals surface area contributed by atoms with Crippen molar-refractivity contribution in [3.05, 3.63) is 0 Å². The molecule has 1 amide bonds. The molecule has 0 radical (unpaired) electrons.